The topological polar surface area (TPSA) is 93.3 Å². The van der Waals surface area contributed by atoms with Crippen molar-refractivity contribution in [3.8, 4) is 0 Å². The van der Waals surface area contributed by atoms with Crippen molar-refractivity contribution in [1.82, 2.24) is 10.5 Å². The Morgan fingerprint density at radius 2 is 1.78 bits per heavy atom. The molecule has 0 rings (SSSR count). The van der Waals surface area contributed by atoms with E-state index in [1.54, 1.807) is 0 Å². The van der Waals surface area contributed by atoms with Gasteiger partial charge in [-0.2, -0.15) is 5.12 Å². The van der Waals surface area contributed by atoms with Crippen molar-refractivity contribution >= 4 is 34.7 Å². The average molecular weight is 165 g/mol. The monoisotopic (exact) mass is 165 g/mol. The highest BCUT2D eigenvalue weighted by Crippen LogP contribution is 1.67. The molecule has 0 aliphatic rings. The zero-order chi connectivity index (χ0) is 7.44. The van der Waals surface area contributed by atoms with Gasteiger partial charge in [-0.1, -0.05) is 0 Å². The molecule has 7 N–H and O–H groups in total. The summed E-state index contributed by atoms with van der Waals surface area (Å²) in [5.41, 5.74) is 12.3. The van der Waals surface area contributed by atoms with Crippen molar-refractivity contribution in [1.29, 1.82) is 0 Å². The van der Waals surface area contributed by atoms with Gasteiger partial charge < -0.3 is 11.5 Å². The van der Waals surface area contributed by atoms with Gasteiger partial charge in [0.05, 0.1) is 0 Å². The maximum absolute atomic E-state index is 5.11. The lowest BCUT2D eigenvalue weighted by Gasteiger charge is -2.15. The second kappa shape index (κ2) is 3.38. The van der Waals surface area contributed by atoms with Crippen LogP contribution in [-0.4, -0.2) is 15.3 Å². The van der Waals surface area contributed by atoms with E-state index in [-0.39, 0.29) is 10.2 Å². The first kappa shape index (κ1) is 8.34. The van der Waals surface area contributed by atoms with Crippen LogP contribution in [0.4, 0.5) is 0 Å². The number of hydrazine groups is 2. The lowest BCUT2D eigenvalue weighted by Crippen LogP contribution is -2.54. The van der Waals surface area contributed by atoms with Crippen LogP contribution in [0.5, 0.6) is 0 Å². The number of nitrogens with two attached hydrogens (primary N) is 3. The summed E-state index contributed by atoms with van der Waals surface area (Å²) in [4.78, 5) is 0. The predicted octanol–water partition coefficient (Wildman–Crippen LogP) is -1.85. The first-order valence-corrected chi connectivity index (χ1v) is 2.76. The second-order valence-corrected chi connectivity index (χ2v) is 2.04. The summed E-state index contributed by atoms with van der Waals surface area (Å²) >= 11 is 8.86. The molecule has 5 nitrogen and oxygen atoms in total. The highest BCUT2D eigenvalue weighted by molar-refractivity contribution is 7.80. The van der Waals surface area contributed by atoms with Crippen LogP contribution in [0.3, 0.4) is 0 Å². The second-order valence-electron chi connectivity index (χ2n) is 1.18. The molecule has 0 bridgehead atoms. The Balaban J connectivity index is 3.63. The Morgan fingerprint density at radius 3 is 1.89 bits per heavy atom. The van der Waals surface area contributed by atoms with Crippen LogP contribution in [0, 0.1) is 0 Å². The van der Waals surface area contributed by atoms with Crippen LogP contribution in [0.1, 0.15) is 0 Å². The minimum Gasteiger partial charge on any atom is -0.375 e. The van der Waals surface area contributed by atoms with Gasteiger partial charge in [0.15, 0.2) is 5.11 Å². The molecule has 0 heterocycles. The molecule has 0 aliphatic heterocycles. The third kappa shape index (κ3) is 3.88. The van der Waals surface area contributed by atoms with E-state index in [9.17, 15) is 0 Å². The van der Waals surface area contributed by atoms with E-state index in [4.69, 9.17) is 17.3 Å². The molecule has 0 spiro atoms. The summed E-state index contributed by atoms with van der Waals surface area (Å²) in [5.74, 6) is 5.11. The van der Waals surface area contributed by atoms with E-state index in [2.05, 4.69) is 29.9 Å². The van der Waals surface area contributed by atoms with Gasteiger partial charge in [-0.15, -0.1) is 0 Å². The Hall–Kier alpha value is -0.660. The fraction of sp³-hybridized carbons (Fsp3) is 0. The summed E-state index contributed by atoms with van der Waals surface area (Å²) in [6, 6.07) is 0. The molecule has 0 saturated carbocycles. The standard InChI is InChI=1S/C2H7N5S2/c3-1(8)6-7(5)2(4)9/h5H2,(H2,4,9)(H3,3,6,8). The Kier molecular flexibility index (Phi) is 3.13. The summed E-state index contributed by atoms with van der Waals surface area (Å²) in [6.07, 6.45) is 0. The molecule has 0 unspecified atom stereocenters. The summed E-state index contributed by atoms with van der Waals surface area (Å²) < 4.78 is 0. The molecule has 0 fully saturated rings. The number of nitrogens with one attached hydrogen (secondary N) is 1. The minimum absolute atomic E-state index is 0.0188. The molecule has 7 heteroatoms. The quantitative estimate of drug-likeness (QED) is 0.190. The average Bonchev–Trinajstić information content (AvgIpc) is 1.63. The van der Waals surface area contributed by atoms with Crippen molar-refractivity contribution in [2.75, 3.05) is 0 Å². The number of hydrogen-bond donors (Lipinski definition) is 4. The van der Waals surface area contributed by atoms with Crippen molar-refractivity contribution in [3.63, 3.8) is 0 Å². The molecule has 0 aromatic carbocycles. The van der Waals surface area contributed by atoms with Crippen molar-refractivity contribution in [3.05, 3.63) is 0 Å². The molecule has 52 valence electrons. The van der Waals surface area contributed by atoms with Gasteiger partial charge in [0, 0.05) is 0 Å². The lowest BCUT2D eigenvalue weighted by molar-refractivity contribution is 0.398. The van der Waals surface area contributed by atoms with E-state index >= 15 is 0 Å². The summed E-state index contributed by atoms with van der Waals surface area (Å²) in [7, 11) is 0. The van der Waals surface area contributed by atoms with Crippen LogP contribution in [0.25, 0.3) is 0 Å². The zero-order valence-electron chi connectivity index (χ0n) is 4.50. The summed E-state index contributed by atoms with van der Waals surface area (Å²) in [6.45, 7) is 0. The smallest absolute Gasteiger partial charge is 0.200 e. The Labute approximate surface area is 63.1 Å². The molecular weight excluding hydrogens is 158 g/mol. The molecule has 0 aromatic rings. The normalized spacial score (nSPS) is 8.11. The van der Waals surface area contributed by atoms with Gasteiger partial charge in [0.1, 0.15) is 0 Å². The number of hydrogen-bond acceptors (Lipinski definition) is 3. The third-order valence-corrected chi connectivity index (χ3v) is 0.756. The van der Waals surface area contributed by atoms with Crippen molar-refractivity contribution in [2.24, 2.45) is 17.3 Å². The first-order valence-electron chi connectivity index (χ1n) is 1.94. The number of rotatable bonds is 0. The molecule has 0 radical (unpaired) electrons. The van der Waals surface area contributed by atoms with Gasteiger partial charge in [0.2, 0.25) is 5.11 Å². The highest BCUT2D eigenvalue weighted by Gasteiger charge is 1.96. The van der Waals surface area contributed by atoms with E-state index < -0.39 is 0 Å². The molecular formula is C2H7N5S2. The lowest BCUT2D eigenvalue weighted by atomic mass is 11.1. The van der Waals surface area contributed by atoms with Crippen LogP contribution in [0.2, 0.25) is 0 Å². The zero-order valence-corrected chi connectivity index (χ0v) is 6.13. The maximum Gasteiger partial charge on any atom is 0.200 e. The van der Waals surface area contributed by atoms with E-state index in [0.717, 1.165) is 5.12 Å². The highest BCUT2D eigenvalue weighted by atomic mass is 32.1. The molecule has 0 saturated heterocycles. The molecule has 0 aliphatic carbocycles. The van der Waals surface area contributed by atoms with Crippen LogP contribution in [-0.2, 0) is 0 Å². The fourth-order valence-corrected chi connectivity index (χ4v) is 0.318. The summed E-state index contributed by atoms with van der Waals surface area (Å²) in [5, 5.41) is 0.852. The third-order valence-electron chi connectivity index (χ3n) is 0.468. The largest absolute Gasteiger partial charge is 0.375 e. The van der Waals surface area contributed by atoms with Gasteiger partial charge in [-0.05, 0) is 24.4 Å². The van der Waals surface area contributed by atoms with Gasteiger partial charge >= 0.3 is 0 Å². The van der Waals surface area contributed by atoms with Gasteiger partial charge in [-0.3, -0.25) is 5.43 Å². The van der Waals surface area contributed by atoms with E-state index in [0.29, 0.717) is 0 Å². The Bertz CT molecular complexity index is 133. The van der Waals surface area contributed by atoms with Crippen LogP contribution >= 0.6 is 24.4 Å². The number of thiocarbonyl (C=S) groups is 2. The molecule has 0 aromatic heterocycles. The SMILES string of the molecule is NC(=S)NN(N)C(N)=S. The first-order chi connectivity index (χ1) is 4.04. The number of nitrogens with zero attached hydrogens (tertiary/aromatic N) is 1. The van der Waals surface area contributed by atoms with Crippen molar-refractivity contribution in [2.45, 2.75) is 0 Å². The van der Waals surface area contributed by atoms with Crippen molar-refractivity contribution < 1.29 is 0 Å². The molecule has 0 amide bonds. The van der Waals surface area contributed by atoms with E-state index in [1.165, 1.54) is 0 Å². The molecule has 0 atom stereocenters. The Morgan fingerprint density at radius 1 is 1.33 bits per heavy atom. The minimum atomic E-state index is -0.0252. The maximum atomic E-state index is 5.11. The molecule has 9 heavy (non-hydrogen) atoms. The van der Waals surface area contributed by atoms with E-state index in [1.807, 2.05) is 0 Å². The predicted molar refractivity (Wildman–Crippen MR) is 42.7 cm³/mol. The van der Waals surface area contributed by atoms with Crippen LogP contribution in [0.15, 0.2) is 0 Å². The van der Waals surface area contributed by atoms with Gasteiger partial charge in [-0.25, -0.2) is 5.84 Å². The van der Waals surface area contributed by atoms with Crippen LogP contribution < -0.4 is 22.7 Å². The fourth-order valence-electron chi connectivity index (χ4n) is 0.174. The van der Waals surface area contributed by atoms with Gasteiger partial charge in [0.25, 0.3) is 0 Å².